The minimum absolute atomic E-state index is 0.196. The van der Waals surface area contributed by atoms with Crippen LogP contribution in [0.25, 0.3) is 0 Å². The van der Waals surface area contributed by atoms with E-state index >= 15 is 0 Å². The number of ether oxygens (including phenoxy) is 1. The fourth-order valence-electron chi connectivity index (χ4n) is 1.66. The smallest absolute Gasteiger partial charge is 0.409 e. The molecule has 0 saturated carbocycles. The Balaban J connectivity index is 1.83. The van der Waals surface area contributed by atoms with Crippen LogP contribution in [0.4, 0.5) is 10.5 Å². The maximum Gasteiger partial charge on any atom is 0.409 e. The topological polar surface area (TPSA) is 58.6 Å². The van der Waals surface area contributed by atoms with Gasteiger partial charge in [0.1, 0.15) is 6.61 Å². The SMILES string of the molecule is O=C(CCN1CCOC1=O)Nc1ccc(Cl)c(Cl)c1. The van der Waals surface area contributed by atoms with Crippen LogP contribution in [0.15, 0.2) is 18.2 Å². The highest BCUT2D eigenvalue weighted by Crippen LogP contribution is 2.25. The summed E-state index contributed by atoms with van der Waals surface area (Å²) in [6.45, 7) is 1.25. The molecule has 0 radical (unpaired) electrons. The number of anilines is 1. The Kier molecular flexibility index (Phi) is 4.50. The molecule has 2 rings (SSSR count). The number of rotatable bonds is 4. The molecule has 1 aromatic carbocycles. The Morgan fingerprint density at radius 1 is 1.37 bits per heavy atom. The minimum Gasteiger partial charge on any atom is -0.448 e. The van der Waals surface area contributed by atoms with Gasteiger partial charge in [0.2, 0.25) is 5.91 Å². The van der Waals surface area contributed by atoms with Crippen LogP contribution in [0.2, 0.25) is 10.0 Å². The molecule has 0 aliphatic carbocycles. The summed E-state index contributed by atoms with van der Waals surface area (Å²) in [7, 11) is 0. The Hall–Kier alpha value is -1.46. The van der Waals surface area contributed by atoms with Crippen LogP contribution in [0, 0.1) is 0 Å². The van der Waals surface area contributed by atoms with Crippen LogP contribution in [-0.4, -0.2) is 36.6 Å². The number of cyclic esters (lactones) is 1. The van der Waals surface area contributed by atoms with Crippen LogP contribution >= 0.6 is 23.2 Å². The normalized spacial score (nSPS) is 14.4. The second kappa shape index (κ2) is 6.12. The Morgan fingerprint density at radius 2 is 2.16 bits per heavy atom. The van der Waals surface area contributed by atoms with Crippen molar-refractivity contribution < 1.29 is 14.3 Å². The van der Waals surface area contributed by atoms with Gasteiger partial charge in [-0.2, -0.15) is 0 Å². The fourth-order valence-corrected chi connectivity index (χ4v) is 1.96. The number of hydrogen-bond acceptors (Lipinski definition) is 3. The van der Waals surface area contributed by atoms with Crippen molar-refractivity contribution in [2.75, 3.05) is 25.0 Å². The molecule has 1 heterocycles. The molecule has 1 fully saturated rings. The molecule has 2 amide bonds. The van der Waals surface area contributed by atoms with E-state index in [0.29, 0.717) is 35.4 Å². The number of amides is 2. The van der Waals surface area contributed by atoms with E-state index in [4.69, 9.17) is 27.9 Å². The molecule has 1 aliphatic rings. The molecule has 0 bridgehead atoms. The van der Waals surface area contributed by atoms with Crippen molar-refractivity contribution in [3.63, 3.8) is 0 Å². The highest BCUT2D eigenvalue weighted by Gasteiger charge is 2.22. The molecule has 1 N–H and O–H groups in total. The zero-order chi connectivity index (χ0) is 13.8. The van der Waals surface area contributed by atoms with Gasteiger partial charge in [-0.15, -0.1) is 0 Å². The predicted molar refractivity (Wildman–Crippen MR) is 72.6 cm³/mol. The molecule has 0 unspecified atom stereocenters. The van der Waals surface area contributed by atoms with Crippen molar-refractivity contribution in [3.05, 3.63) is 28.2 Å². The highest BCUT2D eigenvalue weighted by atomic mass is 35.5. The van der Waals surface area contributed by atoms with Gasteiger partial charge >= 0.3 is 6.09 Å². The van der Waals surface area contributed by atoms with Gasteiger partial charge in [-0.3, -0.25) is 4.79 Å². The first-order valence-electron chi connectivity index (χ1n) is 5.73. The second-order valence-corrected chi connectivity index (χ2v) is 4.84. The first-order valence-corrected chi connectivity index (χ1v) is 6.48. The van der Waals surface area contributed by atoms with Crippen LogP contribution in [0.5, 0.6) is 0 Å². The highest BCUT2D eigenvalue weighted by molar-refractivity contribution is 6.42. The van der Waals surface area contributed by atoms with E-state index in [9.17, 15) is 9.59 Å². The number of benzene rings is 1. The standard InChI is InChI=1S/C12H12Cl2N2O3/c13-9-2-1-8(7-10(9)14)15-11(17)3-4-16-5-6-19-12(16)18/h1-2,7H,3-6H2,(H,15,17). The van der Waals surface area contributed by atoms with Gasteiger partial charge in [-0.05, 0) is 18.2 Å². The maximum atomic E-state index is 11.7. The monoisotopic (exact) mass is 302 g/mol. The quantitative estimate of drug-likeness (QED) is 0.930. The molecule has 7 heteroatoms. The lowest BCUT2D eigenvalue weighted by Crippen LogP contribution is -2.28. The Labute approximate surface area is 120 Å². The third-order valence-corrected chi connectivity index (χ3v) is 3.40. The molecular weight excluding hydrogens is 291 g/mol. The summed E-state index contributed by atoms with van der Waals surface area (Å²) in [6, 6.07) is 4.85. The summed E-state index contributed by atoms with van der Waals surface area (Å²) in [6.07, 6.45) is -0.169. The first kappa shape index (κ1) is 14.0. The van der Waals surface area contributed by atoms with Gasteiger partial charge in [0.05, 0.1) is 16.6 Å². The van der Waals surface area contributed by atoms with E-state index < -0.39 is 0 Å². The van der Waals surface area contributed by atoms with Gasteiger partial charge in [0.25, 0.3) is 0 Å². The zero-order valence-electron chi connectivity index (χ0n) is 9.99. The van der Waals surface area contributed by atoms with Gasteiger partial charge in [0, 0.05) is 18.7 Å². The third kappa shape index (κ3) is 3.75. The molecule has 0 spiro atoms. The van der Waals surface area contributed by atoms with Crippen molar-refractivity contribution in [2.24, 2.45) is 0 Å². The lowest BCUT2D eigenvalue weighted by atomic mass is 10.3. The van der Waals surface area contributed by atoms with E-state index in [2.05, 4.69) is 5.32 Å². The summed E-state index contributed by atoms with van der Waals surface area (Å²) in [5.74, 6) is -0.196. The molecule has 102 valence electrons. The van der Waals surface area contributed by atoms with Crippen molar-refractivity contribution >= 4 is 40.9 Å². The van der Waals surface area contributed by atoms with E-state index in [0.717, 1.165) is 0 Å². The summed E-state index contributed by atoms with van der Waals surface area (Å²) < 4.78 is 4.77. The molecule has 1 aromatic rings. The van der Waals surface area contributed by atoms with Crippen molar-refractivity contribution in [2.45, 2.75) is 6.42 Å². The summed E-state index contributed by atoms with van der Waals surface area (Å²) >= 11 is 11.6. The molecular formula is C12H12Cl2N2O3. The first-order chi connectivity index (χ1) is 9.06. The number of nitrogens with one attached hydrogen (secondary N) is 1. The largest absolute Gasteiger partial charge is 0.448 e. The summed E-state index contributed by atoms with van der Waals surface area (Å²) in [5, 5.41) is 3.50. The second-order valence-electron chi connectivity index (χ2n) is 4.03. The fraction of sp³-hybridized carbons (Fsp3) is 0.333. The van der Waals surface area contributed by atoms with E-state index in [-0.39, 0.29) is 18.4 Å². The molecule has 0 aromatic heterocycles. The molecule has 1 aliphatic heterocycles. The molecule has 19 heavy (non-hydrogen) atoms. The predicted octanol–water partition coefficient (Wildman–Crippen LogP) is 2.77. The summed E-state index contributed by atoms with van der Waals surface area (Å²) in [4.78, 5) is 24.4. The third-order valence-electron chi connectivity index (χ3n) is 2.66. The van der Waals surface area contributed by atoms with Crippen molar-refractivity contribution in [3.8, 4) is 0 Å². The van der Waals surface area contributed by atoms with Gasteiger partial charge in [-0.1, -0.05) is 23.2 Å². The van der Waals surface area contributed by atoms with Crippen LogP contribution < -0.4 is 5.32 Å². The number of nitrogens with zero attached hydrogens (tertiary/aromatic N) is 1. The van der Waals surface area contributed by atoms with E-state index in [1.165, 1.54) is 4.90 Å². The van der Waals surface area contributed by atoms with E-state index in [1.807, 2.05) is 0 Å². The van der Waals surface area contributed by atoms with Crippen LogP contribution in [0.1, 0.15) is 6.42 Å². The average molecular weight is 303 g/mol. The lowest BCUT2D eigenvalue weighted by molar-refractivity contribution is -0.116. The Bertz CT molecular complexity index is 508. The zero-order valence-corrected chi connectivity index (χ0v) is 11.5. The molecule has 5 nitrogen and oxygen atoms in total. The van der Waals surface area contributed by atoms with Gasteiger partial charge in [-0.25, -0.2) is 4.79 Å². The van der Waals surface area contributed by atoms with E-state index in [1.54, 1.807) is 18.2 Å². The summed E-state index contributed by atoms with van der Waals surface area (Å²) in [5.41, 5.74) is 0.573. The number of carbonyl (C=O) groups excluding carboxylic acids is 2. The maximum absolute atomic E-state index is 11.7. The average Bonchev–Trinajstić information content (AvgIpc) is 2.77. The minimum atomic E-state index is -0.373. The van der Waals surface area contributed by atoms with Gasteiger partial charge < -0.3 is 15.0 Å². The molecule has 0 atom stereocenters. The lowest BCUT2D eigenvalue weighted by Gasteiger charge is -2.12. The van der Waals surface area contributed by atoms with Crippen LogP contribution in [0.3, 0.4) is 0 Å². The number of carbonyl (C=O) groups is 2. The Morgan fingerprint density at radius 3 is 2.79 bits per heavy atom. The van der Waals surface area contributed by atoms with Crippen molar-refractivity contribution in [1.82, 2.24) is 4.90 Å². The van der Waals surface area contributed by atoms with Crippen LogP contribution in [-0.2, 0) is 9.53 Å². The van der Waals surface area contributed by atoms with Gasteiger partial charge in [0.15, 0.2) is 0 Å². The number of hydrogen-bond donors (Lipinski definition) is 1. The number of halogens is 2. The van der Waals surface area contributed by atoms with Crippen molar-refractivity contribution in [1.29, 1.82) is 0 Å². The molecule has 1 saturated heterocycles.